The van der Waals surface area contributed by atoms with Gasteiger partial charge in [-0.3, -0.25) is 4.79 Å². The van der Waals surface area contributed by atoms with Crippen LogP contribution in [0.3, 0.4) is 0 Å². The fourth-order valence-corrected chi connectivity index (χ4v) is 4.65. The highest BCUT2D eigenvalue weighted by molar-refractivity contribution is 6.16. The van der Waals surface area contributed by atoms with Gasteiger partial charge in [-0.05, 0) is 56.8 Å². The van der Waals surface area contributed by atoms with Crippen LogP contribution in [0.2, 0.25) is 0 Å². The van der Waals surface area contributed by atoms with Crippen molar-refractivity contribution in [1.29, 1.82) is 0 Å². The Hall–Kier alpha value is -2.93. The number of aromatic nitrogens is 1. The number of urea groups is 1. The van der Waals surface area contributed by atoms with Crippen LogP contribution in [0.5, 0.6) is 0 Å². The maximum absolute atomic E-state index is 13.6. The van der Waals surface area contributed by atoms with E-state index >= 15 is 0 Å². The van der Waals surface area contributed by atoms with E-state index in [1.165, 1.54) is 0 Å². The molecule has 2 fully saturated rings. The van der Waals surface area contributed by atoms with Crippen LogP contribution in [0.25, 0.3) is 0 Å². The molecule has 1 aromatic carbocycles. The molecule has 7 heteroatoms. The number of carbonyl (C=O) groups is 2. The molecule has 0 atom stereocenters. The predicted molar refractivity (Wildman–Crippen MR) is 107 cm³/mol. The zero-order valence-corrected chi connectivity index (χ0v) is 16.1. The summed E-state index contributed by atoms with van der Waals surface area (Å²) in [5.74, 6) is 0.242. The summed E-state index contributed by atoms with van der Waals surface area (Å²) in [6.07, 6.45) is 2.77. The summed E-state index contributed by atoms with van der Waals surface area (Å²) in [7, 11) is 2.13. The molecular weight excluding hydrogens is 354 g/mol. The molecule has 3 amide bonds. The number of carbonyl (C=O) groups excluding carboxylic acids is 2. The fraction of sp³-hybridized carbons (Fsp3) is 0.381. The van der Waals surface area contributed by atoms with Crippen LogP contribution in [-0.2, 0) is 0 Å². The lowest BCUT2D eigenvalue weighted by Crippen LogP contribution is -2.61. The zero-order valence-electron chi connectivity index (χ0n) is 16.1. The van der Waals surface area contributed by atoms with Crippen LogP contribution in [0.15, 0.2) is 36.5 Å². The van der Waals surface area contributed by atoms with Gasteiger partial charge < -0.3 is 15.1 Å². The van der Waals surface area contributed by atoms with Crippen molar-refractivity contribution in [1.82, 2.24) is 14.8 Å². The molecule has 0 radical (unpaired) electrons. The Morgan fingerprint density at radius 1 is 1.21 bits per heavy atom. The summed E-state index contributed by atoms with van der Waals surface area (Å²) in [5.41, 5.74) is 2.82. The van der Waals surface area contributed by atoms with E-state index in [-0.39, 0.29) is 17.4 Å². The first kappa shape index (κ1) is 17.2. The van der Waals surface area contributed by atoms with E-state index in [1.807, 2.05) is 24.0 Å². The Kier molecular flexibility index (Phi) is 3.71. The normalized spacial score (nSPS) is 20.3. The smallest absolute Gasteiger partial charge is 0.323 e. The number of rotatable bonds is 0. The van der Waals surface area contributed by atoms with Crippen molar-refractivity contribution in [2.24, 2.45) is 5.41 Å². The van der Waals surface area contributed by atoms with Gasteiger partial charge in [-0.15, -0.1) is 0 Å². The van der Waals surface area contributed by atoms with Gasteiger partial charge in [-0.25, -0.2) is 14.7 Å². The van der Waals surface area contributed by atoms with Crippen LogP contribution >= 0.6 is 0 Å². The van der Waals surface area contributed by atoms with Gasteiger partial charge >= 0.3 is 6.03 Å². The quantitative estimate of drug-likeness (QED) is 0.767. The SMILES string of the molecule is Cc1ccc2c(c1)N(C(=O)N1CC3(CCN(C)C3)C1)c1ncccc1NC2=O. The fourth-order valence-electron chi connectivity index (χ4n) is 4.65. The van der Waals surface area contributed by atoms with Crippen molar-refractivity contribution in [3.63, 3.8) is 0 Å². The lowest BCUT2D eigenvalue weighted by molar-refractivity contribution is 0.0445. The number of fused-ring (bicyclic) bond motifs is 2. The summed E-state index contributed by atoms with van der Waals surface area (Å²) in [5, 5.41) is 2.89. The number of hydrogen-bond donors (Lipinski definition) is 1. The van der Waals surface area contributed by atoms with Crippen LogP contribution in [0, 0.1) is 12.3 Å². The summed E-state index contributed by atoms with van der Waals surface area (Å²) in [4.78, 5) is 36.5. The number of aryl methyl sites for hydroxylation is 1. The van der Waals surface area contributed by atoms with Crippen LogP contribution < -0.4 is 10.2 Å². The third kappa shape index (κ3) is 2.57. The van der Waals surface area contributed by atoms with Gasteiger partial charge in [-0.1, -0.05) is 6.07 Å². The molecule has 0 bridgehead atoms. The zero-order chi connectivity index (χ0) is 19.5. The Morgan fingerprint density at radius 3 is 2.79 bits per heavy atom. The highest BCUT2D eigenvalue weighted by Crippen LogP contribution is 2.43. The predicted octanol–water partition coefficient (Wildman–Crippen LogP) is 2.85. The first-order valence-electron chi connectivity index (χ1n) is 9.60. The Morgan fingerprint density at radius 2 is 2.04 bits per heavy atom. The molecule has 1 aromatic heterocycles. The number of pyridine rings is 1. The lowest BCUT2D eigenvalue weighted by Gasteiger charge is -2.49. The lowest BCUT2D eigenvalue weighted by atomic mass is 9.79. The highest BCUT2D eigenvalue weighted by atomic mass is 16.2. The molecule has 1 spiro atoms. The van der Waals surface area contributed by atoms with Crippen LogP contribution in [-0.4, -0.2) is 59.9 Å². The second-order valence-electron chi connectivity index (χ2n) is 8.31. The number of benzene rings is 1. The standard InChI is InChI=1S/C21H23N5O2/c1-14-5-6-15-17(10-14)26(18-16(23-19(15)27)4-3-8-22-18)20(28)25-12-21(13-25)7-9-24(2)11-21/h3-6,8,10H,7,9,11-13H2,1-2H3,(H,23,27). The summed E-state index contributed by atoms with van der Waals surface area (Å²) >= 11 is 0. The van der Waals surface area contributed by atoms with Gasteiger partial charge in [0.25, 0.3) is 5.91 Å². The number of nitrogens with one attached hydrogen (secondary N) is 1. The summed E-state index contributed by atoms with van der Waals surface area (Å²) in [6.45, 7) is 5.56. The molecule has 3 aliphatic heterocycles. The van der Waals surface area contributed by atoms with Crippen molar-refractivity contribution >= 4 is 29.1 Å². The molecule has 3 aliphatic rings. The molecule has 7 nitrogen and oxygen atoms in total. The van der Waals surface area contributed by atoms with Crippen molar-refractivity contribution in [3.8, 4) is 0 Å². The van der Waals surface area contributed by atoms with Crippen LogP contribution in [0.1, 0.15) is 22.3 Å². The van der Waals surface area contributed by atoms with Crippen molar-refractivity contribution < 1.29 is 9.59 Å². The van der Waals surface area contributed by atoms with Gasteiger partial charge in [0.2, 0.25) is 0 Å². The Labute approximate surface area is 163 Å². The van der Waals surface area contributed by atoms with E-state index in [9.17, 15) is 9.59 Å². The number of amides is 3. The topological polar surface area (TPSA) is 68.8 Å². The van der Waals surface area contributed by atoms with Gasteiger partial charge in [0, 0.05) is 31.2 Å². The minimum atomic E-state index is -0.225. The van der Waals surface area contributed by atoms with Crippen LogP contribution in [0.4, 0.5) is 22.0 Å². The molecule has 2 aromatic rings. The van der Waals surface area contributed by atoms with E-state index < -0.39 is 0 Å². The van der Waals surface area contributed by atoms with Crippen molar-refractivity contribution in [2.75, 3.05) is 43.4 Å². The molecule has 28 heavy (non-hydrogen) atoms. The second-order valence-corrected chi connectivity index (χ2v) is 8.31. The number of likely N-dealkylation sites (tertiary alicyclic amines) is 2. The number of nitrogens with zero attached hydrogens (tertiary/aromatic N) is 4. The average molecular weight is 377 g/mol. The third-order valence-electron chi connectivity index (χ3n) is 6.03. The second kappa shape index (κ2) is 6.04. The molecule has 2 saturated heterocycles. The maximum atomic E-state index is 13.6. The van der Waals surface area contributed by atoms with Crippen molar-refractivity contribution in [2.45, 2.75) is 13.3 Å². The van der Waals surface area contributed by atoms with E-state index in [4.69, 9.17) is 0 Å². The molecule has 144 valence electrons. The van der Waals surface area contributed by atoms with Gasteiger partial charge in [0.15, 0.2) is 5.82 Å². The average Bonchev–Trinajstić information content (AvgIpc) is 2.99. The Balaban J connectivity index is 1.55. The first-order valence-corrected chi connectivity index (χ1v) is 9.60. The number of hydrogen-bond acceptors (Lipinski definition) is 4. The van der Waals surface area contributed by atoms with Crippen molar-refractivity contribution in [3.05, 3.63) is 47.7 Å². The van der Waals surface area contributed by atoms with E-state index in [2.05, 4.69) is 22.2 Å². The van der Waals surface area contributed by atoms with E-state index in [0.29, 0.717) is 22.8 Å². The minimum absolute atomic E-state index is 0.122. The molecule has 5 rings (SSSR count). The molecule has 1 N–H and O–H groups in total. The first-order chi connectivity index (χ1) is 13.5. The Bertz CT molecular complexity index is 983. The van der Waals surface area contributed by atoms with Gasteiger partial charge in [-0.2, -0.15) is 0 Å². The molecule has 0 saturated carbocycles. The van der Waals surface area contributed by atoms with E-state index in [0.717, 1.165) is 38.2 Å². The molecule has 4 heterocycles. The maximum Gasteiger partial charge on any atom is 0.330 e. The van der Waals surface area contributed by atoms with E-state index in [1.54, 1.807) is 29.3 Å². The largest absolute Gasteiger partial charge is 0.330 e. The number of anilines is 3. The summed E-state index contributed by atoms with van der Waals surface area (Å²) < 4.78 is 0. The summed E-state index contributed by atoms with van der Waals surface area (Å²) in [6, 6.07) is 8.96. The van der Waals surface area contributed by atoms with Gasteiger partial charge in [0.1, 0.15) is 0 Å². The molecule has 0 aliphatic carbocycles. The minimum Gasteiger partial charge on any atom is -0.323 e. The third-order valence-corrected chi connectivity index (χ3v) is 6.03. The molecular formula is C21H23N5O2. The molecule has 0 unspecified atom stereocenters. The monoisotopic (exact) mass is 377 g/mol. The van der Waals surface area contributed by atoms with Gasteiger partial charge in [0.05, 0.1) is 16.9 Å². The highest BCUT2D eigenvalue weighted by Gasteiger charge is 2.50.